The van der Waals surface area contributed by atoms with Crippen molar-refractivity contribution < 1.29 is 9.53 Å². The molecule has 0 atom stereocenters. The standard InChI is InChI=1S/C16H24N4O3.C2H6/c1-4-5-9-23-11-14(21)18-8-6-7-13-10-20(12(2)3)16(22)19-15(13)17;1-2/h10,12H,4-5,8-9,11H2,1-3H3,(H,18,21)(H2,17,19,22);1-2H3. The minimum atomic E-state index is -0.402. The Morgan fingerprint density at radius 3 is 2.72 bits per heavy atom. The normalized spacial score (nSPS) is 9.68. The van der Waals surface area contributed by atoms with Crippen LogP contribution in [0.4, 0.5) is 5.82 Å². The molecule has 7 heteroatoms. The molecule has 140 valence electrons. The van der Waals surface area contributed by atoms with Gasteiger partial charge in [0.05, 0.1) is 12.1 Å². The van der Waals surface area contributed by atoms with Gasteiger partial charge in [-0.1, -0.05) is 39.0 Å². The lowest BCUT2D eigenvalue weighted by molar-refractivity contribution is -0.125. The van der Waals surface area contributed by atoms with Crippen LogP contribution in [0.1, 0.15) is 59.1 Å². The first-order valence-corrected chi connectivity index (χ1v) is 8.67. The van der Waals surface area contributed by atoms with Gasteiger partial charge in [-0.25, -0.2) is 4.79 Å². The number of anilines is 1. The van der Waals surface area contributed by atoms with Crippen LogP contribution in [0.2, 0.25) is 0 Å². The number of amides is 1. The van der Waals surface area contributed by atoms with Crippen LogP contribution in [0.5, 0.6) is 0 Å². The summed E-state index contributed by atoms with van der Waals surface area (Å²) in [7, 11) is 0. The Balaban J connectivity index is 0.00000277. The van der Waals surface area contributed by atoms with Crippen molar-refractivity contribution in [2.24, 2.45) is 0 Å². The van der Waals surface area contributed by atoms with Crippen LogP contribution in [-0.2, 0) is 9.53 Å². The van der Waals surface area contributed by atoms with Crippen LogP contribution in [0.3, 0.4) is 0 Å². The summed E-state index contributed by atoms with van der Waals surface area (Å²) in [5.74, 6) is 5.48. The van der Waals surface area contributed by atoms with Gasteiger partial charge in [-0.15, -0.1) is 0 Å². The van der Waals surface area contributed by atoms with Gasteiger partial charge >= 0.3 is 5.69 Å². The fourth-order valence-corrected chi connectivity index (χ4v) is 1.69. The second-order valence-electron chi connectivity index (χ2n) is 5.31. The SMILES string of the molecule is CC.CCCCOCC(=O)NCC#Cc1cn(C(C)C)c(=O)nc1N. The predicted octanol–water partition coefficient (Wildman–Crippen LogP) is 1.72. The van der Waals surface area contributed by atoms with E-state index in [-0.39, 0.29) is 30.9 Å². The number of nitrogens with zero attached hydrogens (tertiary/aromatic N) is 2. The summed E-state index contributed by atoms with van der Waals surface area (Å²) in [6.07, 6.45) is 3.55. The fraction of sp³-hybridized carbons (Fsp3) is 0.611. The lowest BCUT2D eigenvalue weighted by atomic mass is 10.3. The quantitative estimate of drug-likeness (QED) is 0.576. The molecular formula is C18H30N4O3. The van der Waals surface area contributed by atoms with Gasteiger partial charge < -0.3 is 15.8 Å². The van der Waals surface area contributed by atoms with Gasteiger partial charge in [0.1, 0.15) is 12.4 Å². The molecule has 0 radical (unpaired) electrons. The molecule has 0 saturated carbocycles. The van der Waals surface area contributed by atoms with E-state index >= 15 is 0 Å². The van der Waals surface area contributed by atoms with Crippen LogP contribution < -0.4 is 16.7 Å². The van der Waals surface area contributed by atoms with Gasteiger partial charge in [-0.3, -0.25) is 9.36 Å². The molecule has 0 aliphatic heterocycles. The Kier molecular flexibility index (Phi) is 11.8. The van der Waals surface area contributed by atoms with Crippen molar-refractivity contribution >= 4 is 11.7 Å². The zero-order chi connectivity index (χ0) is 19.2. The smallest absolute Gasteiger partial charge is 0.349 e. The van der Waals surface area contributed by atoms with Gasteiger partial charge in [0.2, 0.25) is 5.91 Å². The number of nitrogens with one attached hydrogen (secondary N) is 1. The van der Waals surface area contributed by atoms with E-state index < -0.39 is 5.69 Å². The van der Waals surface area contributed by atoms with Crippen molar-refractivity contribution in [2.75, 3.05) is 25.5 Å². The zero-order valence-corrected chi connectivity index (χ0v) is 15.9. The molecule has 0 fully saturated rings. The number of nitrogens with two attached hydrogens (primary N) is 1. The maximum absolute atomic E-state index is 11.7. The lowest BCUT2D eigenvalue weighted by Crippen LogP contribution is -2.28. The third-order valence-corrected chi connectivity index (χ3v) is 3.01. The maximum Gasteiger partial charge on any atom is 0.349 e. The molecule has 1 aromatic rings. The van der Waals surface area contributed by atoms with E-state index in [9.17, 15) is 9.59 Å². The van der Waals surface area contributed by atoms with E-state index in [0.29, 0.717) is 12.2 Å². The average molecular weight is 350 g/mol. The third-order valence-electron chi connectivity index (χ3n) is 3.01. The van der Waals surface area contributed by atoms with Crippen LogP contribution >= 0.6 is 0 Å². The highest BCUT2D eigenvalue weighted by molar-refractivity contribution is 5.77. The monoisotopic (exact) mass is 350 g/mol. The summed E-state index contributed by atoms with van der Waals surface area (Å²) in [6, 6.07) is -0.0314. The Morgan fingerprint density at radius 1 is 1.44 bits per heavy atom. The summed E-state index contributed by atoms with van der Waals surface area (Å²) in [4.78, 5) is 26.9. The third kappa shape index (κ3) is 8.91. The van der Waals surface area contributed by atoms with E-state index in [2.05, 4.69) is 29.1 Å². The molecular weight excluding hydrogens is 320 g/mol. The second-order valence-corrected chi connectivity index (χ2v) is 5.31. The molecule has 1 heterocycles. The maximum atomic E-state index is 11.7. The molecule has 0 aromatic carbocycles. The van der Waals surface area contributed by atoms with Crippen molar-refractivity contribution in [2.45, 2.75) is 53.5 Å². The summed E-state index contributed by atoms with van der Waals surface area (Å²) < 4.78 is 6.66. The van der Waals surface area contributed by atoms with Gasteiger partial charge in [0.15, 0.2) is 0 Å². The summed E-state index contributed by atoms with van der Waals surface area (Å²) in [6.45, 7) is 10.6. The number of nitrogen functional groups attached to an aromatic ring is 1. The van der Waals surface area contributed by atoms with E-state index in [0.717, 1.165) is 12.8 Å². The molecule has 0 saturated heterocycles. The first-order valence-electron chi connectivity index (χ1n) is 8.67. The first-order chi connectivity index (χ1) is 12.0. The van der Waals surface area contributed by atoms with Crippen molar-refractivity contribution in [1.82, 2.24) is 14.9 Å². The van der Waals surface area contributed by atoms with Crippen molar-refractivity contribution in [1.29, 1.82) is 0 Å². The molecule has 0 aliphatic rings. The van der Waals surface area contributed by atoms with Gasteiger partial charge in [-0.05, 0) is 20.3 Å². The van der Waals surface area contributed by atoms with Crippen LogP contribution in [0.25, 0.3) is 0 Å². The minimum absolute atomic E-state index is 0.0314. The van der Waals surface area contributed by atoms with E-state index in [1.54, 1.807) is 6.20 Å². The molecule has 0 bridgehead atoms. The number of carbonyl (C=O) groups excluding carboxylic acids is 1. The Morgan fingerprint density at radius 2 is 2.12 bits per heavy atom. The molecule has 3 N–H and O–H groups in total. The molecule has 7 nitrogen and oxygen atoms in total. The second kappa shape index (κ2) is 13.0. The molecule has 1 amide bonds. The van der Waals surface area contributed by atoms with Crippen LogP contribution in [0, 0.1) is 11.8 Å². The van der Waals surface area contributed by atoms with Crippen molar-refractivity contribution in [3.05, 3.63) is 22.2 Å². The highest BCUT2D eigenvalue weighted by Gasteiger charge is 2.06. The molecule has 1 aromatic heterocycles. The largest absolute Gasteiger partial charge is 0.382 e. The highest BCUT2D eigenvalue weighted by atomic mass is 16.5. The van der Waals surface area contributed by atoms with Gasteiger partial charge in [0.25, 0.3) is 0 Å². The molecule has 0 aliphatic carbocycles. The average Bonchev–Trinajstić information content (AvgIpc) is 2.58. The van der Waals surface area contributed by atoms with Crippen LogP contribution in [0.15, 0.2) is 11.0 Å². The predicted molar refractivity (Wildman–Crippen MR) is 100 cm³/mol. The number of hydrogen-bond acceptors (Lipinski definition) is 5. The Labute approximate surface area is 150 Å². The summed E-state index contributed by atoms with van der Waals surface area (Å²) in [5.41, 5.74) is 5.75. The number of unbranched alkanes of at least 4 members (excludes halogenated alkanes) is 1. The van der Waals surface area contributed by atoms with Crippen molar-refractivity contribution in [3.63, 3.8) is 0 Å². The summed E-state index contributed by atoms with van der Waals surface area (Å²) in [5, 5.41) is 2.63. The van der Waals surface area contributed by atoms with Gasteiger partial charge in [-0.2, -0.15) is 4.98 Å². The number of rotatable bonds is 7. The van der Waals surface area contributed by atoms with Gasteiger partial charge in [0, 0.05) is 18.8 Å². The minimum Gasteiger partial charge on any atom is -0.382 e. The molecule has 25 heavy (non-hydrogen) atoms. The molecule has 1 rings (SSSR count). The number of ether oxygens (including phenoxy) is 1. The number of aromatic nitrogens is 2. The number of hydrogen-bond donors (Lipinski definition) is 2. The highest BCUT2D eigenvalue weighted by Crippen LogP contribution is 2.06. The van der Waals surface area contributed by atoms with E-state index in [1.165, 1.54) is 4.57 Å². The summed E-state index contributed by atoms with van der Waals surface area (Å²) >= 11 is 0. The van der Waals surface area contributed by atoms with Crippen molar-refractivity contribution in [3.8, 4) is 11.8 Å². The Hall–Kier alpha value is -2.33. The topological polar surface area (TPSA) is 99.2 Å². The fourth-order valence-electron chi connectivity index (χ4n) is 1.69. The first kappa shape index (κ1) is 22.7. The van der Waals surface area contributed by atoms with E-state index in [1.807, 2.05) is 27.7 Å². The zero-order valence-electron chi connectivity index (χ0n) is 15.9. The molecule has 0 spiro atoms. The molecule has 0 unspecified atom stereocenters. The Bertz CT molecular complexity index is 642. The van der Waals surface area contributed by atoms with Crippen LogP contribution in [-0.4, -0.2) is 35.2 Å². The lowest BCUT2D eigenvalue weighted by Gasteiger charge is -2.09. The van der Waals surface area contributed by atoms with E-state index in [4.69, 9.17) is 10.5 Å². The number of carbonyl (C=O) groups is 1.